The Hall–Kier alpha value is -2.86. The summed E-state index contributed by atoms with van der Waals surface area (Å²) in [7, 11) is 2.07. The van der Waals surface area contributed by atoms with Gasteiger partial charge in [0, 0.05) is 12.3 Å². The van der Waals surface area contributed by atoms with Crippen LogP contribution in [0.25, 0.3) is 5.65 Å². The van der Waals surface area contributed by atoms with E-state index in [-0.39, 0.29) is 11.7 Å². The van der Waals surface area contributed by atoms with Crippen LogP contribution in [0, 0.1) is 6.92 Å². The molecule has 0 amide bonds. The smallest absolute Gasteiger partial charge is 0.258 e. The second-order valence-electron chi connectivity index (χ2n) is 6.86. The SMILES string of the molecule is Cc1ccc2nc(C[NH+](C)C[C@@H]3COc4ccccc4O3)cc(=O)n2c1. The molecule has 1 aromatic carbocycles. The Morgan fingerprint density at radius 3 is 2.88 bits per heavy atom. The molecule has 134 valence electrons. The van der Waals surface area contributed by atoms with Gasteiger partial charge < -0.3 is 14.4 Å². The average Bonchev–Trinajstić information content (AvgIpc) is 2.62. The zero-order valence-electron chi connectivity index (χ0n) is 14.9. The van der Waals surface area contributed by atoms with E-state index in [0.717, 1.165) is 29.3 Å². The summed E-state index contributed by atoms with van der Waals surface area (Å²) >= 11 is 0. The summed E-state index contributed by atoms with van der Waals surface area (Å²) in [5, 5.41) is 0. The Morgan fingerprint density at radius 1 is 1.23 bits per heavy atom. The molecule has 2 aromatic heterocycles. The molecule has 2 atom stereocenters. The first-order chi connectivity index (χ1) is 12.6. The van der Waals surface area contributed by atoms with E-state index in [9.17, 15) is 4.79 Å². The summed E-state index contributed by atoms with van der Waals surface area (Å²) in [6, 6.07) is 13.2. The minimum absolute atomic E-state index is 0.0193. The topological polar surface area (TPSA) is 57.3 Å². The van der Waals surface area contributed by atoms with Crippen molar-refractivity contribution in [2.45, 2.75) is 19.6 Å². The number of nitrogens with one attached hydrogen (secondary N) is 1. The third kappa shape index (κ3) is 3.41. The third-order valence-corrected chi connectivity index (χ3v) is 4.49. The molecule has 4 rings (SSSR count). The van der Waals surface area contributed by atoms with Crippen molar-refractivity contribution in [3.05, 3.63) is 70.3 Å². The molecular formula is C20H22N3O3+. The molecule has 1 aliphatic heterocycles. The first-order valence-corrected chi connectivity index (χ1v) is 8.77. The molecule has 6 nitrogen and oxygen atoms in total. The number of nitrogens with zero attached hydrogens (tertiary/aromatic N) is 2. The second-order valence-corrected chi connectivity index (χ2v) is 6.86. The summed E-state index contributed by atoms with van der Waals surface area (Å²) in [4.78, 5) is 18.2. The zero-order chi connectivity index (χ0) is 18.1. The largest absolute Gasteiger partial charge is 0.486 e. The number of para-hydroxylation sites is 2. The fourth-order valence-electron chi connectivity index (χ4n) is 3.28. The molecule has 3 heterocycles. The van der Waals surface area contributed by atoms with Crippen molar-refractivity contribution in [3.63, 3.8) is 0 Å². The molecule has 0 radical (unpaired) electrons. The van der Waals surface area contributed by atoms with E-state index in [1.807, 2.05) is 49.5 Å². The van der Waals surface area contributed by atoms with E-state index >= 15 is 0 Å². The predicted molar refractivity (Wildman–Crippen MR) is 98.0 cm³/mol. The minimum atomic E-state index is -0.0484. The Bertz CT molecular complexity index is 999. The lowest BCUT2D eigenvalue weighted by atomic mass is 10.2. The lowest BCUT2D eigenvalue weighted by Gasteiger charge is -2.27. The van der Waals surface area contributed by atoms with Crippen LogP contribution in [0.3, 0.4) is 0 Å². The number of quaternary nitrogens is 1. The van der Waals surface area contributed by atoms with E-state index in [1.165, 1.54) is 4.90 Å². The van der Waals surface area contributed by atoms with Gasteiger partial charge in [0.15, 0.2) is 17.6 Å². The van der Waals surface area contributed by atoms with Crippen LogP contribution in [-0.2, 0) is 6.54 Å². The normalized spacial score (nSPS) is 17.2. The Morgan fingerprint density at radius 2 is 2.04 bits per heavy atom. The molecule has 0 saturated carbocycles. The second kappa shape index (κ2) is 6.80. The summed E-state index contributed by atoms with van der Waals surface area (Å²) < 4.78 is 13.4. The monoisotopic (exact) mass is 352 g/mol. The highest BCUT2D eigenvalue weighted by Crippen LogP contribution is 2.30. The van der Waals surface area contributed by atoms with Gasteiger partial charge in [0.1, 0.15) is 31.0 Å². The Balaban J connectivity index is 1.45. The fourth-order valence-corrected chi connectivity index (χ4v) is 3.28. The first kappa shape index (κ1) is 16.6. The number of fused-ring (bicyclic) bond motifs is 2. The molecule has 0 bridgehead atoms. The number of aryl methyl sites for hydroxylation is 1. The maximum absolute atomic E-state index is 12.3. The van der Waals surface area contributed by atoms with Crippen LogP contribution in [0.5, 0.6) is 11.5 Å². The van der Waals surface area contributed by atoms with Crippen molar-refractivity contribution in [1.82, 2.24) is 9.38 Å². The number of hydrogen-bond donors (Lipinski definition) is 1. The van der Waals surface area contributed by atoms with Gasteiger partial charge in [-0.05, 0) is 30.7 Å². The van der Waals surface area contributed by atoms with Gasteiger partial charge in [0.05, 0.1) is 7.05 Å². The highest BCUT2D eigenvalue weighted by molar-refractivity contribution is 5.41. The van der Waals surface area contributed by atoms with E-state index in [4.69, 9.17) is 9.47 Å². The predicted octanol–water partition coefficient (Wildman–Crippen LogP) is 0.858. The van der Waals surface area contributed by atoms with Crippen LogP contribution in [0.2, 0.25) is 0 Å². The molecule has 6 heteroatoms. The maximum Gasteiger partial charge on any atom is 0.258 e. The van der Waals surface area contributed by atoms with Gasteiger partial charge in [-0.1, -0.05) is 18.2 Å². The standard InChI is InChI=1S/C20H21N3O3/c1-14-7-8-19-21-15(9-20(24)23(19)10-14)11-22(2)12-16-13-25-17-5-3-4-6-18(17)26-16/h3-10,16H,11-13H2,1-2H3/p+1/t16-/m1/s1. The average molecular weight is 352 g/mol. The van der Waals surface area contributed by atoms with E-state index < -0.39 is 0 Å². The van der Waals surface area contributed by atoms with E-state index in [0.29, 0.717) is 18.8 Å². The molecule has 0 aliphatic carbocycles. The molecule has 1 N–H and O–H groups in total. The van der Waals surface area contributed by atoms with Crippen molar-refractivity contribution in [2.75, 3.05) is 20.2 Å². The van der Waals surface area contributed by atoms with Crippen LogP contribution >= 0.6 is 0 Å². The van der Waals surface area contributed by atoms with Crippen molar-refractivity contribution in [3.8, 4) is 11.5 Å². The van der Waals surface area contributed by atoms with Gasteiger partial charge in [-0.25, -0.2) is 4.98 Å². The summed E-state index contributed by atoms with van der Waals surface area (Å²) in [6.07, 6.45) is 1.80. The van der Waals surface area contributed by atoms with Gasteiger partial charge in [0.2, 0.25) is 0 Å². The number of hydrogen-bond acceptors (Lipinski definition) is 4. The fraction of sp³-hybridized carbons (Fsp3) is 0.300. The lowest BCUT2D eigenvalue weighted by Crippen LogP contribution is -3.09. The highest BCUT2D eigenvalue weighted by atomic mass is 16.6. The number of pyridine rings is 1. The highest BCUT2D eigenvalue weighted by Gasteiger charge is 2.24. The number of benzene rings is 1. The minimum Gasteiger partial charge on any atom is -0.486 e. The maximum atomic E-state index is 12.3. The van der Waals surface area contributed by atoms with E-state index in [1.54, 1.807) is 10.5 Å². The van der Waals surface area contributed by atoms with Crippen molar-refractivity contribution in [2.24, 2.45) is 0 Å². The Labute approximate surface area is 151 Å². The van der Waals surface area contributed by atoms with Crippen LogP contribution in [0.15, 0.2) is 53.5 Å². The lowest BCUT2D eigenvalue weighted by molar-refractivity contribution is -0.896. The number of rotatable bonds is 4. The van der Waals surface area contributed by atoms with Gasteiger partial charge in [-0.2, -0.15) is 0 Å². The molecule has 1 aliphatic rings. The van der Waals surface area contributed by atoms with Gasteiger partial charge >= 0.3 is 0 Å². The summed E-state index contributed by atoms with van der Waals surface area (Å²) in [5.74, 6) is 1.58. The number of aromatic nitrogens is 2. The van der Waals surface area contributed by atoms with Crippen LogP contribution in [0.1, 0.15) is 11.3 Å². The zero-order valence-corrected chi connectivity index (χ0v) is 14.9. The van der Waals surface area contributed by atoms with Gasteiger partial charge in [-0.3, -0.25) is 9.20 Å². The number of ether oxygens (including phenoxy) is 2. The molecule has 0 fully saturated rings. The molecular weight excluding hydrogens is 330 g/mol. The van der Waals surface area contributed by atoms with Crippen molar-refractivity contribution >= 4 is 5.65 Å². The summed E-state index contributed by atoms with van der Waals surface area (Å²) in [6.45, 7) is 3.91. The van der Waals surface area contributed by atoms with Crippen molar-refractivity contribution < 1.29 is 14.4 Å². The Kier molecular flexibility index (Phi) is 4.34. The van der Waals surface area contributed by atoms with Crippen LogP contribution in [-0.4, -0.2) is 35.7 Å². The third-order valence-electron chi connectivity index (χ3n) is 4.49. The van der Waals surface area contributed by atoms with Crippen LogP contribution < -0.4 is 19.9 Å². The summed E-state index contributed by atoms with van der Waals surface area (Å²) in [5.41, 5.74) is 2.45. The van der Waals surface area contributed by atoms with Crippen molar-refractivity contribution in [1.29, 1.82) is 0 Å². The van der Waals surface area contributed by atoms with E-state index in [2.05, 4.69) is 12.0 Å². The van der Waals surface area contributed by atoms with Gasteiger partial charge in [-0.15, -0.1) is 0 Å². The molecule has 3 aromatic rings. The molecule has 1 unspecified atom stereocenters. The molecule has 0 spiro atoms. The van der Waals surface area contributed by atoms with Gasteiger partial charge in [0.25, 0.3) is 5.56 Å². The first-order valence-electron chi connectivity index (χ1n) is 8.77. The molecule has 0 saturated heterocycles. The molecule has 26 heavy (non-hydrogen) atoms. The quantitative estimate of drug-likeness (QED) is 0.757. The van der Waals surface area contributed by atoms with Crippen LogP contribution in [0.4, 0.5) is 0 Å². The number of likely N-dealkylation sites (N-methyl/N-ethyl adjacent to an activating group) is 1.